The van der Waals surface area contributed by atoms with Crippen molar-refractivity contribution < 1.29 is 19.1 Å². The first-order chi connectivity index (χ1) is 7.49. The Morgan fingerprint density at radius 3 is 2.25 bits per heavy atom. The van der Waals surface area contributed by atoms with Gasteiger partial charge in [-0.2, -0.15) is 0 Å². The van der Waals surface area contributed by atoms with Crippen LogP contribution < -0.4 is 5.73 Å². The monoisotopic (exact) mass is 221 g/mol. The number of ether oxygens (including phenoxy) is 1. The van der Waals surface area contributed by atoms with E-state index in [2.05, 4.69) is 4.74 Å². The van der Waals surface area contributed by atoms with Crippen LogP contribution in [-0.2, 0) is 14.3 Å². The molecule has 0 aliphatic carbocycles. The van der Waals surface area contributed by atoms with E-state index < -0.39 is 18.4 Å². The van der Waals surface area contributed by atoms with Gasteiger partial charge in [-0.25, -0.2) is 4.79 Å². The van der Waals surface area contributed by atoms with Gasteiger partial charge in [-0.05, 0) is 31.2 Å². The molecule has 1 rings (SSSR count). The van der Waals surface area contributed by atoms with E-state index in [9.17, 15) is 14.4 Å². The zero-order valence-electron chi connectivity index (χ0n) is 8.73. The molecule has 5 nitrogen and oxygen atoms in total. The van der Waals surface area contributed by atoms with Crippen LogP contribution >= 0.6 is 0 Å². The summed E-state index contributed by atoms with van der Waals surface area (Å²) >= 11 is 0. The first kappa shape index (κ1) is 11.9. The highest BCUT2D eigenvalue weighted by Gasteiger charge is 2.14. The average molecular weight is 221 g/mol. The van der Waals surface area contributed by atoms with Crippen LogP contribution in [0.2, 0.25) is 0 Å². The molecule has 0 bridgehead atoms. The predicted molar refractivity (Wildman–Crippen MR) is 56.6 cm³/mol. The first-order valence-electron chi connectivity index (χ1n) is 4.59. The van der Waals surface area contributed by atoms with Crippen molar-refractivity contribution in [2.45, 2.75) is 13.3 Å². The molecular weight excluding hydrogens is 210 g/mol. The molecule has 16 heavy (non-hydrogen) atoms. The second-order valence-electron chi connectivity index (χ2n) is 3.26. The van der Waals surface area contributed by atoms with E-state index in [0.29, 0.717) is 5.69 Å². The molecule has 0 radical (unpaired) electrons. The van der Waals surface area contributed by atoms with Crippen molar-refractivity contribution in [1.82, 2.24) is 0 Å². The maximum absolute atomic E-state index is 11.4. The Hall–Kier alpha value is -2.17. The number of esters is 2. The third-order valence-corrected chi connectivity index (χ3v) is 1.75. The van der Waals surface area contributed by atoms with Crippen molar-refractivity contribution in [1.29, 1.82) is 0 Å². The first-order valence-corrected chi connectivity index (χ1v) is 4.59. The summed E-state index contributed by atoms with van der Waals surface area (Å²) in [6.45, 7) is 1.24. The van der Waals surface area contributed by atoms with Crippen LogP contribution in [0.1, 0.15) is 23.7 Å². The highest BCUT2D eigenvalue weighted by molar-refractivity contribution is 6.02. The molecule has 84 valence electrons. The number of hydrogen-bond donors (Lipinski definition) is 1. The molecule has 0 saturated heterocycles. The van der Waals surface area contributed by atoms with E-state index in [-0.39, 0.29) is 11.3 Å². The van der Waals surface area contributed by atoms with Gasteiger partial charge < -0.3 is 10.5 Å². The van der Waals surface area contributed by atoms with E-state index in [1.54, 1.807) is 0 Å². The number of ketones is 1. The van der Waals surface area contributed by atoms with Gasteiger partial charge in [0.25, 0.3) is 0 Å². The Labute approximate surface area is 92.2 Å². The molecule has 5 heteroatoms. The van der Waals surface area contributed by atoms with Crippen molar-refractivity contribution in [3.05, 3.63) is 29.8 Å². The number of nitrogens with two attached hydrogens (primary N) is 1. The Morgan fingerprint density at radius 2 is 1.75 bits per heavy atom. The number of benzene rings is 1. The van der Waals surface area contributed by atoms with E-state index in [4.69, 9.17) is 5.73 Å². The Kier molecular flexibility index (Phi) is 3.77. The lowest BCUT2D eigenvalue weighted by Gasteiger charge is -2.01. The minimum atomic E-state index is -0.852. The molecule has 0 atom stereocenters. The van der Waals surface area contributed by atoms with Crippen LogP contribution in [0.5, 0.6) is 0 Å². The van der Waals surface area contributed by atoms with Crippen LogP contribution in [0.3, 0.4) is 0 Å². The molecule has 0 aliphatic rings. The summed E-state index contributed by atoms with van der Waals surface area (Å²) in [5.74, 6) is -1.99. The molecule has 0 aromatic heterocycles. The van der Waals surface area contributed by atoms with Gasteiger partial charge in [0.15, 0.2) is 0 Å². The van der Waals surface area contributed by atoms with Gasteiger partial charge in [0.2, 0.25) is 0 Å². The van der Waals surface area contributed by atoms with Crippen LogP contribution in [0.25, 0.3) is 0 Å². The van der Waals surface area contributed by atoms with Crippen molar-refractivity contribution in [2.24, 2.45) is 0 Å². The van der Waals surface area contributed by atoms with Crippen molar-refractivity contribution in [3.63, 3.8) is 0 Å². The minimum absolute atomic E-state index is 0.214. The standard InChI is InChI=1S/C11H11NO4/c1-7(13)6-10(14)16-11(15)8-2-4-9(12)5-3-8/h2-5H,6,12H2,1H3. The normalized spacial score (nSPS) is 9.56. The highest BCUT2D eigenvalue weighted by atomic mass is 16.6. The molecule has 0 unspecified atom stereocenters. The summed E-state index contributed by atoms with van der Waals surface area (Å²) in [6, 6.07) is 5.93. The lowest BCUT2D eigenvalue weighted by Crippen LogP contribution is -2.14. The summed E-state index contributed by atoms with van der Waals surface area (Å²) < 4.78 is 4.45. The fraction of sp³-hybridized carbons (Fsp3) is 0.182. The molecule has 0 fully saturated rings. The SMILES string of the molecule is CC(=O)CC(=O)OC(=O)c1ccc(N)cc1. The van der Waals surface area contributed by atoms with Gasteiger partial charge in [-0.1, -0.05) is 0 Å². The number of hydrogen-bond acceptors (Lipinski definition) is 5. The van der Waals surface area contributed by atoms with Gasteiger partial charge in [0, 0.05) is 5.69 Å². The molecule has 1 aromatic rings. The average Bonchev–Trinajstić information content (AvgIpc) is 2.16. The number of carbonyl (C=O) groups is 3. The van der Waals surface area contributed by atoms with E-state index in [0.717, 1.165) is 0 Å². The van der Waals surface area contributed by atoms with Gasteiger partial charge in [0.1, 0.15) is 12.2 Å². The van der Waals surface area contributed by atoms with Gasteiger partial charge in [-0.15, -0.1) is 0 Å². The fourth-order valence-electron chi connectivity index (χ4n) is 1.02. The molecule has 0 spiro atoms. The zero-order valence-corrected chi connectivity index (χ0v) is 8.73. The molecule has 0 heterocycles. The van der Waals surface area contributed by atoms with E-state index in [1.165, 1.54) is 31.2 Å². The smallest absolute Gasteiger partial charge is 0.345 e. The maximum Gasteiger partial charge on any atom is 0.345 e. The van der Waals surface area contributed by atoms with Crippen molar-refractivity contribution in [3.8, 4) is 0 Å². The second-order valence-corrected chi connectivity index (χ2v) is 3.26. The number of rotatable bonds is 3. The predicted octanol–water partition coefficient (Wildman–Crippen LogP) is 0.931. The Morgan fingerprint density at radius 1 is 1.19 bits per heavy atom. The van der Waals surface area contributed by atoms with E-state index >= 15 is 0 Å². The Balaban J connectivity index is 2.62. The molecule has 2 N–H and O–H groups in total. The Bertz CT molecular complexity index is 422. The third kappa shape index (κ3) is 3.53. The van der Waals surface area contributed by atoms with Crippen LogP contribution in [0.4, 0.5) is 5.69 Å². The van der Waals surface area contributed by atoms with Crippen molar-refractivity contribution >= 4 is 23.4 Å². The summed E-state index contributed by atoms with van der Waals surface area (Å²) in [5.41, 5.74) is 6.15. The van der Waals surface area contributed by atoms with E-state index in [1.807, 2.05) is 0 Å². The molecule has 0 saturated carbocycles. The molecule has 0 aliphatic heterocycles. The second kappa shape index (κ2) is 5.06. The highest BCUT2D eigenvalue weighted by Crippen LogP contribution is 2.07. The molecule has 0 amide bonds. The summed E-state index contributed by atoms with van der Waals surface area (Å²) in [7, 11) is 0. The van der Waals surface area contributed by atoms with Crippen molar-refractivity contribution in [2.75, 3.05) is 5.73 Å². The summed E-state index contributed by atoms with van der Waals surface area (Å²) in [6.07, 6.45) is -0.402. The summed E-state index contributed by atoms with van der Waals surface area (Å²) in [4.78, 5) is 33.0. The minimum Gasteiger partial charge on any atom is -0.399 e. The zero-order chi connectivity index (χ0) is 12.1. The van der Waals surface area contributed by atoms with Gasteiger partial charge in [-0.3, -0.25) is 9.59 Å². The lowest BCUT2D eigenvalue weighted by atomic mass is 10.2. The topological polar surface area (TPSA) is 86.5 Å². The number of carbonyl (C=O) groups excluding carboxylic acids is 3. The van der Waals surface area contributed by atoms with Crippen LogP contribution in [-0.4, -0.2) is 17.7 Å². The van der Waals surface area contributed by atoms with Crippen LogP contribution in [0.15, 0.2) is 24.3 Å². The quantitative estimate of drug-likeness (QED) is 0.466. The number of anilines is 1. The third-order valence-electron chi connectivity index (χ3n) is 1.75. The maximum atomic E-state index is 11.4. The number of nitrogen functional groups attached to an aromatic ring is 1. The lowest BCUT2D eigenvalue weighted by molar-refractivity contribution is -0.140. The summed E-state index contributed by atoms with van der Waals surface area (Å²) in [5, 5.41) is 0. The van der Waals surface area contributed by atoms with Gasteiger partial charge >= 0.3 is 11.9 Å². The molecule has 1 aromatic carbocycles. The number of Topliss-reactive ketones (excluding diaryl/α,β-unsaturated/α-hetero) is 1. The fourth-order valence-corrected chi connectivity index (χ4v) is 1.02. The van der Waals surface area contributed by atoms with Crippen LogP contribution in [0, 0.1) is 0 Å². The van der Waals surface area contributed by atoms with Gasteiger partial charge in [0.05, 0.1) is 5.56 Å². The molecular formula is C11H11NO4. The largest absolute Gasteiger partial charge is 0.399 e.